The van der Waals surface area contributed by atoms with Crippen LogP contribution in [0.15, 0.2) is 29.2 Å². The van der Waals surface area contributed by atoms with Gasteiger partial charge in [-0.25, -0.2) is 8.42 Å². The molecule has 0 saturated heterocycles. The van der Waals surface area contributed by atoms with Gasteiger partial charge in [0.25, 0.3) is 0 Å². The van der Waals surface area contributed by atoms with Crippen molar-refractivity contribution in [1.82, 2.24) is 0 Å². The summed E-state index contributed by atoms with van der Waals surface area (Å²) < 4.78 is 24.3. The molecule has 0 radical (unpaired) electrons. The number of hydrogen-bond acceptors (Lipinski definition) is 3. The number of nitrogens with zero attached hydrogens (tertiary/aromatic N) is 1. The van der Waals surface area contributed by atoms with E-state index < -0.39 is 15.3 Å². The highest BCUT2D eigenvalue weighted by Crippen LogP contribution is 2.23. The molecule has 0 fully saturated rings. The van der Waals surface area contributed by atoms with Crippen LogP contribution >= 0.6 is 0 Å². The minimum atomic E-state index is -3.30. The van der Waals surface area contributed by atoms with Crippen molar-refractivity contribution in [3.8, 4) is 6.07 Å². The molecule has 0 saturated carbocycles. The van der Waals surface area contributed by atoms with E-state index in [1.165, 1.54) is 0 Å². The zero-order valence-electron chi connectivity index (χ0n) is 12.0. The van der Waals surface area contributed by atoms with Crippen molar-refractivity contribution in [3.05, 3.63) is 29.8 Å². The summed E-state index contributed by atoms with van der Waals surface area (Å²) in [5, 5.41) is 8.91. The Morgan fingerprint density at radius 3 is 2.16 bits per heavy atom. The molecule has 0 aromatic heterocycles. The summed E-state index contributed by atoms with van der Waals surface area (Å²) in [7, 11) is -3.30. The maximum absolute atomic E-state index is 12.2. The van der Waals surface area contributed by atoms with Crippen molar-refractivity contribution in [2.24, 2.45) is 5.41 Å². The lowest BCUT2D eigenvalue weighted by atomic mass is 9.93. The third-order valence-corrected chi connectivity index (χ3v) is 4.94. The fraction of sp³-hybridized carbons (Fsp3) is 0.533. The number of benzene rings is 1. The van der Waals surface area contributed by atoms with Crippen LogP contribution in [0, 0.1) is 16.7 Å². The molecule has 1 rings (SSSR count). The molecule has 1 aromatic rings. The lowest BCUT2D eigenvalue weighted by molar-refractivity contribution is 0.473. The first kappa shape index (κ1) is 15.7. The second kappa shape index (κ2) is 5.75. The van der Waals surface area contributed by atoms with E-state index in [9.17, 15) is 8.42 Å². The van der Waals surface area contributed by atoms with Crippen LogP contribution in [0.2, 0.25) is 0 Å². The molecule has 0 aliphatic rings. The van der Waals surface area contributed by atoms with Crippen molar-refractivity contribution in [2.45, 2.75) is 44.9 Å². The van der Waals surface area contributed by atoms with Crippen LogP contribution in [0.1, 0.15) is 45.6 Å². The van der Waals surface area contributed by atoms with E-state index in [-0.39, 0.29) is 5.75 Å². The molecule has 0 amide bonds. The SMILES string of the molecule is CC(C)c1ccc(S(=O)(=O)CCC(C)(C)C#N)cc1. The number of hydrogen-bond donors (Lipinski definition) is 0. The lowest BCUT2D eigenvalue weighted by Crippen LogP contribution is -2.16. The van der Waals surface area contributed by atoms with Gasteiger partial charge in [0.05, 0.1) is 22.1 Å². The Labute approximate surface area is 116 Å². The van der Waals surface area contributed by atoms with Crippen molar-refractivity contribution in [1.29, 1.82) is 5.26 Å². The van der Waals surface area contributed by atoms with Gasteiger partial charge in [-0.05, 0) is 43.9 Å². The normalized spacial score (nSPS) is 12.4. The van der Waals surface area contributed by atoms with Gasteiger partial charge in [-0.1, -0.05) is 26.0 Å². The van der Waals surface area contributed by atoms with Crippen LogP contribution in [-0.2, 0) is 9.84 Å². The molecular weight excluding hydrogens is 258 g/mol. The second-order valence-corrected chi connectivity index (χ2v) is 7.90. The molecule has 0 spiro atoms. The highest BCUT2D eigenvalue weighted by Gasteiger charge is 2.22. The molecule has 4 heteroatoms. The molecular formula is C15H21NO2S. The van der Waals surface area contributed by atoms with Crippen molar-refractivity contribution in [3.63, 3.8) is 0 Å². The van der Waals surface area contributed by atoms with E-state index in [0.717, 1.165) is 5.56 Å². The summed E-state index contributed by atoms with van der Waals surface area (Å²) >= 11 is 0. The third kappa shape index (κ3) is 4.36. The molecule has 0 bridgehead atoms. The molecule has 0 heterocycles. The van der Waals surface area contributed by atoms with Gasteiger partial charge in [0.15, 0.2) is 9.84 Å². The van der Waals surface area contributed by atoms with Crippen LogP contribution in [0.4, 0.5) is 0 Å². The van der Waals surface area contributed by atoms with E-state index in [1.54, 1.807) is 26.0 Å². The van der Waals surface area contributed by atoms with Gasteiger partial charge in [0.2, 0.25) is 0 Å². The van der Waals surface area contributed by atoms with Crippen molar-refractivity contribution in [2.75, 3.05) is 5.75 Å². The Morgan fingerprint density at radius 1 is 1.21 bits per heavy atom. The zero-order valence-corrected chi connectivity index (χ0v) is 12.8. The van der Waals surface area contributed by atoms with Gasteiger partial charge >= 0.3 is 0 Å². The number of rotatable bonds is 5. The van der Waals surface area contributed by atoms with Crippen LogP contribution in [-0.4, -0.2) is 14.2 Å². The summed E-state index contributed by atoms with van der Waals surface area (Å²) in [5.74, 6) is 0.392. The topological polar surface area (TPSA) is 57.9 Å². The Morgan fingerprint density at radius 2 is 1.74 bits per heavy atom. The number of sulfone groups is 1. The van der Waals surface area contributed by atoms with Gasteiger partial charge < -0.3 is 0 Å². The fourth-order valence-electron chi connectivity index (χ4n) is 1.62. The van der Waals surface area contributed by atoms with Gasteiger partial charge in [0, 0.05) is 0 Å². The first-order valence-electron chi connectivity index (χ1n) is 6.42. The van der Waals surface area contributed by atoms with Crippen LogP contribution in [0.3, 0.4) is 0 Å². The monoisotopic (exact) mass is 279 g/mol. The van der Waals surface area contributed by atoms with Crippen LogP contribution < -0.4 is 0 Å². The predicted octanol–water partition coefficient (Wildman–Crippen LogP) is 3.52. The Kier molecular flexibility index (Phi) is 4.75. The Bertz CT molecular complexity index is 563. The second-order valence-electron chi connectivity index (χ2n) is 5.79. The van der Waals surface area contributed by atoms with Gasteiger partial charge in [-0.15, -0.1) is 0 Å². The van der Waals surface area contributed by atoms with E-state index in [2.05, 4.69) is 19.9 Å². The summed E-state index contributed by atoms with van der Waals surface area (Å²) in [6, 6.07) is 9.15. The molecule has 1 aromatic carbocycles. The molecule has 19 heavy (non-hydrogen) atoms. The van der Waals surface area contributed by atoms with E-state index in [1.807, 2.05) is 12.1 Å². The molecule has 0 aliphatic heterocycles. The minimum Gasteiger partial charge on any atom is -0.224 e. The van der Waals surface area contributed by atoms with Gasteiger partial charge in [-0.2, -0.15) is 5.26 Å². The van der Waals surface area contributed by atoms with E-state index >= 15 is 0 Å². The molecule has 104 valence electrons. The highest BCUT2D eigenvalue weighted by molar-refractivity contribution is 7.91. The van der Waals surface area contributed by atoms with E-state index in [4.69, 9.17) is 5.26 Å². The smallest absolute Gasteiger partial charge is 0.178 e. The molecule has 0 atom stereocenters. The first-order chi connectivity index (χ1) is 8.68. The highest BCUT2D eigenvalue weighted by atomic mass is 32.2. The summed E-state index contributed by atoms with van der Waals surface area (Å²) in [5.41, 5.74) is 0.515. The lowest BCUT2D eigenvalue weighted by Gasteiger charge is -2.15. The maximum Gasteiger partial charge on any atom is 0.178 e. The molecule has 3 nitrogen and oxygen atoms in total. The third-order valence-electron chi connectivity index (χ3n) is 3.20. The van der Waals surface area contributed by atoms with Crippen molar-refractivity contribution >= 4 is 9.84 Å². The largest absolute Gasteiger partial charge is 0.224 e. The van der Waals surface area contributed by atoms with Crippen LogP contribution in [0.25, 0.3) is 0 Å². The molecule has 0 N–H and O–H groups in total. The van der Waals surface area contributed by atoms with Crippen molar-refractivity contribution < 1.29 is 8.42 Å². The molecule has 0 unspecified atom stereocenters. The average molecular weight is 279 g/mol. The summed E-state index contributed by atoms with van der Waals surface area (Å²) in [6.07, 6.45) is 0.345. The Balaban J connectivity index is 2.87. The van der Waals surface area contributed by atoms with E-state index in [0.29, 0.717) is 17.2 Å². The summed E-state index contributed by atoms with van der Waals surface area (Å²) in [6.45, 7) is 7.65. The standard InChI is InChI=1S/C15H21NO2S/c1-12(2)13-5-7-14(8-6-13)19(17,18)10-9-15(3,4)11-16/h5-8,12H,9-10H2,1-4H3. The zero-order chi connectivity index (χ0) is 14.7. The minimum absolute atomic E-state index is 0.00852. The average Bonchev–Trinajstić information content (AvgIpc) is 2.37. The number of nitriles is 1. The van der Waals surface area contributed by atoms with Gasteiger partial charge in [0.1, 0.15) is 0 Å². The Hall–Kier alpha value is -1.34. The van der Waals surface area contributed by atoms with Crippen LogP contribution in [0.5, 0.6) is 0 Å². The van der Waals surface area contributed by atoms with Gasteiger partial charge in [-0.3, -0.25) is 0 Å². The predicted molar refractivity (Wildman–Crippen MR) is 76.6 cm³/mol. The fourth-order valence-corrected chi connectivity index (χ4v) is 3.19. The molecule has 0 aliphatic carbocycles. The first-order valence-corrected chi connectivity index (χ1v) is 8.07. The quantitative estimate of drug-likeness (QED) is 0.828. The summed E-state index contributed by atoms with van der Waals surface area (Å²) in [4.78, 5) is 0.339. The maximum atomic E-state index is 12.2.